The summed E-state index contributed by atoms with van der Waals surface area (Å²) in [5.74, 6) is 0.796. The summed E-state index contributed by atoms with van der Waals surface area (Å²) in [6.07, 6.45) is 6.11. The van der Waals surface area contributed by atoms with E-state index in [1.165, 1.54) is 47.9 Å². The molecule has 156 valence electrons. The Balaban J connectivity index is 1.84. The average molecular weight is 384 g/mol. The molecule has 0 spiro atoms. The van der Waals surface area contributed by atoms with Crippen LogP contribution in [0.5, 0.6) is 0 Å². The summed E-state index contributed by atoms with van der Waals surface area (Å²) in [6.45, 7) is 17.5. The van der Waals surface area contributed by atoms with E-state index in [2.05, 4.69) is 65.5 Å². The van der Waals surface area contributed by atoms with E-state index < -0.39 is 0 Å². The average Bonchev–Trinajstić information content (AvgIpc) is 2.62. The third kappa shape index (κ3) is 3.25. The summed E-state index contributed by atoms with van der Waals surface area (Å²) >= 11 is 0. The van der Waals surface area contributed by atoms with Crippen LogP contribution in [0.1, 0.15) is 102 Å². The molecule has 5 unspecified atom stereocenters. The molecule has 0 bridgehead atoms. The quantitative estimate of drug-likeness (QED) is 0.616. The fraction of sp³-hybridized carbons (Fsp3) is 0.769. The summed E-state index contributed by atoms with van der Waals surface area (Å²) in [5.41, 5.74) is 6.33. The molecule has 2 nitrogen and oxygen atoms in total. The van der Waals surface area contributed by atoms with Gasteiger partial charge in [-0.1, -0.05) is 73.4 Å². The predicted molar refractivity (Wildman–Crippen MR) is 118 cm³/mol. The van der Waals surface area contributed by atoms with Gasteiger partial charge in [-0.05, 0) is 52.3 Å². The molecular formula is C26H41NO. The van der Waals surface area contributed by atoms with Crippen LogP contribution >= 0.6 is 0 Å². The lowest BCUT2D eigenvalue weighted by molar-refractivity contribution is -0.107. The Kier molecular flexibility index (Phi) is 4.99. The minimum Gasteiger partial charge on any atom is -0.392 e. The third-order valence-electron chi connectivity index (χ3n) is 7.89. The number of piperidine rings is 1. The lowest BCUT2D eigenvalue weighted by Crippen LogP contribution is -2.59. The normalized spacial score (nSPS) is 33.8. The Morgan fingerprint density at radius 2 is 1.54 bits per heavy atom. The number of nitrogens with zero attached hydrogens (tertiary/aromatic N) is 1. The molecule has 1 aliphatic carbocycles. The van der Waals surface area contributed by atoms with Gasteiger partial charge in [-0.15, -0.1) is 0 Å². The van der Waals surface area contributed by atoms with Crippen molar-refractivity contribution in [3.63, 3.8) is 0 Å². The van der Waals surface area contributed by atoms with Crippen LogP contribution in [0.2, 0.25) is 0 Å². The first kappa shape index (κ1) is 20.4. The molecule has 5 atom stereocenters. The van der Waals surface area contributed by atoms with Crippen LogP contribution in [0.25, 0.3) is 0 Å². The van der Waals surface area contributed by atoms with Gasteiger partial charge in [-0.2, -0.15) is 0 Å². The van der Waals surface area contributed by atoms with E-state index in [1.807, 2.05) is 0 Å². The minimum atomic E-state index is -0.155. The fourth-order valence-electron chi connectivity index (χ4n) is 6.45. The van der Waals surface area contributed by atoms with Crippen molar-refractivity contribution >= 4 is 0 Å². The molecule has 2 heteroatoms. The van der Waals surface area contributed by atoms with Gasteiger partial charge in [0.2, 0.25) is 0 Å². The number of hydrogen-bond donors (Lipinski definition) is 1. The molecule has 1 aromatic carbocycles. The number of aliphatic hydroxyl groups excluding tert-OH is 1. The molecule has 1 saturated carbocycles. The summed E-state index contributed by atoms with van der Waals surface area (Å²) in [5, 5.41) is 11.2. The molecular weight excluding hydrogens is 342 g/mol. The number of benzene rings is 1. The highest BCUT2D eigenvalue weighted by molar-refractivity contribution is 5.47. The lowest BCUT2D eigenvalue weighted by atomic mass is 9.66. The molecule has 0 amide bonds. The highest BCUT2D eigenvalue weighted by Crippen LogP contribution is 2.50. The maximum absolute atomic E-state index is 11.2. The van der Waals surface area contributed by atoms with Crippen molar-refractivity contribution < 1.29 is 5.11 Å². The van der Waals surface area contributed by atoms with Gasteiger partial charge in [0.1, 0.15) is 0 Å². The monoisotopic (exact) mass is 383 g/mol. The molecule has 4 rings (SSSR count). The van der Waals surface area contributed by atoms with E-state index >= 15 is 0 Å². The van der Waals surface area contributed by atoms with Gasteiger partial charge in [0.05, 0.1) is 6.10 Å². The molecule has 3 aliphatic rings. The smallest absolute Gasteiger partial charge is 0.0627 e. The molecule has 0 aromatic heterocycles. The van der Waals surface area contributed by atoms with Crippen molar-refractivity contribution in [2.24, 2.45) is 11.8 Å². The van der Waals surface area contributed by atoms with Gasteiger partial charge in [-0.3, -0.25) is 4.90 Å². The molecule has 2 heterocycles. The van der Waals surface area contributed by atoms with Crippen molar-refractivity contribution in [2.75, 3.05) is 6.54 Å². The van der Waals surface area contributed by atoms with Crippen molar-refractivity contribution in [3.05, 3.63) is 34.4 Å². The van der Waals surface area contributed by atoms with Crippen LogP contribution < -0.4 is 0 Å². The Labute approximate surface area is 172 Å². The molecule has 28 heavy (non-hydrogen) atoms. The summed E-state index contributed by atoms with van der Waals surface area (Å²) in [7, 11) is 0. The number of rotatable bonds is 0. The van der Waals surface area contributed by atoms with Crippen LogP contribution in [0.15, 0.2) is 12.1 Å². The van der Waals surface area contributed by atoms with Crippen LogP contribution in [0.3, 0.4) is 0 Å². The Morgan fingerprint density at radius 3 is 2.18 bits per heavy atom. The second kappa shape index (κ2) is 6.84. The SMILES string of the molecule is CC1C(O)C2CCCCC2N2CCc3cc(C(C)(C)C)c(C(C)(C)C)cc3C12. The minimum absolute atomic E-state index is 0.129. The Bertz CT molecular complexity index is 738. The van der Waals surface area contributed by atoms with Crippen LogP contribution in [0.4, 0.5) is 0 Å². The second-order valence-electron chi connectivity index (χ2n) is 11.9. The van der Waals surface area contributed by atoms with Gasteiger partial charge in [-0.25, -0.2) is 0 Å². The maximum Gasteiger partial charge on any atom is 0.0627 e. The predicted octanol–water partition coefficient (Wildman–Crippen LogP) is 5.75. The van der Waals surface area contributed by atoms with Crippen LogP contribution in [-0.4, -0.2) is 28.7 Å². The topological polar surface area (TPSA) is 23.5 Å². The molecule has 1 N–H and O–H groups in total. The van der Waals surface area contributed by atoms with E-state index in [-0.39, 0.29) is 16.9 Å². The van der Waals surface area contributed by atoms with E-state index in [0.717, 1.165) is 13.0 Å². The van der Waals surface area contributed by atoms with E-state index in [4.69, 9.17) is 0 Å². The first-order chi connectivity index (χ1) is 13.0. The first-order valence-corrected chi connectivity index (χ1v) is 11.6. The van der Waals surface area contributed by atoms with Crippen molar-refractivity contribution in [1.82, 2.24) is 4.90 Å². The van der Waals surface area contributed by atoms with Crippen molar-refractivity contribution in [2.45, 2.75) is 110 Å². The summed E-state index contributed by atoms with van der Waals surface area (Å²) < 4.78 is 0. The second-order valence-corrected chi connectivity index (χ2v) is 11.9. The zero-order valence-corrected chi connectivity index (χ0v) is 19.2. The highest BCUT2D eigenvalue weighted by Gasteiger charge is 2.49. The van der Waals surface area contributed by atoms with Gasteiger partial charge in [0.25, 0.3) is 0 Å². The zero-order valence-electron chi connectivity index (χ0n) is 19.2. The van der Waals surface area contributed by atoms with Gasteiger partial charge < -0.3 is 5.11 Å². The number of fused-ring (bicyclic) bond motifs is 5. The molecule has 1 saturated heterocycles. The largest absolute Gasteiger partial charge is 0.392 e. The Morgan fingerprint density at radius 1 is 0.929 bits per heavy atom. The highest BCUT2D eigenvalue weighted by atomic mass is 16.3. The number of hydrogen-bond acceptors (Lipinski definition) is 2. The molecule has 2 aliphatic heterocycles. The first-order valence-electron chi connectivity index (χ1n) is 11.6. The van der Waals surface area contributed by atoms with E-state index in [9.17, 15) is 5.11 Å². The zero-order chi connectivity index (χ0) is 20.4. The third-order valence-corrected chi connectivity index (χ3v) is 7.89. The van der Waals surface area contributed by atoms with Crippen LogP contribution in [0, 0.1) is 11.8 Å². The fourth-order valence-corrected chi connectivity index (χ4v) is 6.45. The van der Waals surface area contributed by atoms with Crippen molar-refractivity contribution in [1.29, 1.82) is 0 Å². The van der Waals surface area contributed by atoms with Gasteiger partial charge >= 0.3 is 0 Å². The Hall–Kier alpha value is -0.860. The van der Waals surface area contributed by atoms with Crippen LogP contribution in [-0.2, 0) is 17.3 Å². The van der Waals surface area contributed by atoms with E-state index in [1.54, 1.807) is 0 Å². The molecule has 1 aromatic rings. The number of aliphatic hydroxyl groups is 1. The van der Waals surface area contributed by atoms with Crippen molar-refractivity contribution in [3.8, 4) is 0 Å². The van der Waals surface area contributed by atoms with Gasteiger partial charge in [0.15, 0.2) is 0 Å². The van der Waals surface area contributed by atoms with E-state index in [0.29, 0.717) is 23.9 Å². The maximum atomic E-state index is 11.2. The summed E-state index contributed by atoms with van der Waals surface area (Å²) in [4.78, 5) is 2.80. The standard InChI is InChI=1S/C26H41NO/c1-16-23-19-15-21(26(5,6)7)20(25(2,3)4)14-17(19)12-13-27(23)22-11-9-8-10-18(22)24(16)28/h14-16,18,22-24,28H,8-13H2,1-7H3. The molecule has 2 fully saturated rings. The lowest BCUT2D eigenvalue weighted by Gasteiger charge is -2.56. The van der Waals surface area contributed by atoms with Gasteiger partial charge in [0, 0.05) is 30.5 Å². The summed E-state index contributed by atoms with van der Waals surface area (Å²) in [6, 6.07) is 6.03. The molecule has 0 radical (unpaired) electrons.